The van der Waals surface area contributed by atoms with Gasteiger partial charge in [0.2, 0.25) is 12.2 Å². The molecule has 4 heterocycles. The number of carboxylic acid groups (broad SMARTS) is 2. The van der Waals surface area contributed by atoms with Crippen LogP contribution in [0.4, 0.5) is 10.8 Å². The fourth-order valence-corrected chi connectivity index (χ4v) is 5.62. The van der Waals surface area contributed by atoms with Gasteiger partial charge in [-0.15, -0.1) is 23.1 Å². The van der Waals surface area contributed by atoms with E-state index in [-0.39, 0.29) is 28.8 Å². The Labute approximate surface area is 227 Å². The lowest BCUT2D eigenvalue weighted by Crippen LogP contribution is -2.71. The van der Waals surface area contributed by atoms with Gasteiger partial charge in [0.05, 0.1) is 11.7 Å². The van der Waals surface area contributed by atoms with Crippen molar-refractivity contribution in [1.82, 2.24) is 15.2 Å². The first kappa shape index (κ1) is 27.3. The predicted molar refractivity (Wildman–Crippen MR) is 134 cm³/mol. The molecular weight excluding hydrogens is 554 g/mol. The van der Waals surface area contributed by atoms with Crippen LogP contribution >= 0.6 is 23.1 Å². The number of carbonyl (C=O) groups excluding carboxylic acids is 4. The summed E-state index contributed by atoms with van der Waals surface area (Å²) >= 11 is 2.21. The third kappa shape index (κ3) is 5.73. The summed E-state index contributed by atoms with van der Waals surface area (Å²) in [6, 6.07) is 2.18. The number of rotatable bonds is 11. The zero-order valence-electron chi connectivity index (χ0n) is 19.7. The van der Waals surface area contributed by atoms with Gasteiger partial charge in [-0.2, -0.15) is 4.57 Å². The number of pyridine rings is 1. The minimum Gasteiger partial charge on any atom is -0.543 e. The third-order valence-electron chi connectivity index (χ3n) is 5.45. The Kier molecular flexibility index (Phi) is 7.91. The fourth-order valence-electron chi connectivity index (χ4n) is 3.74. The number of thiazole rings is 1. The minimum atomic E-state index is -1.56. The molecule has 0 spiro atoms. The Morgan fingerprint density at radius 1 is 1.44 bits per heavy atom. The summed E-state index contributed by atoms with van der Waals surface area (Å²) in [7, 11) is 0. The zero-order chi connectivity index (χ0) is 28.3. The molecule has 2 aliphatic heterocycles. The van der Waals surface area contributed by atoms with Crippen molar-refractivity contribution in [1.29, 1.82) is 0 Å². The molecule has 0 aliphatic carbocycles. The van der Waals surface area contributed by atoms with Crippen LogP contribution < -0.4 is 26.0 Å². The van der Waals surface area contributed by atoms with Crippen LogP contribution in [0.1, 0.15) is 5.69 Å². The maximum Gasteiger partial charge on any atom is 0.374 e. The average Bonchev–Trinajstić information content (AvgIpc) is 3.32. The molecule has 1 saturated heterocycles. The molecule has 0 aromatic carbocycles. The molecule has 2 aromatic rings. The van der Waals surface area contributed by atoms with Gasteiger partial charge in [0.1, 0.15) is 22.8 Å². The molecule has 2 aromatic heterocycles. The van der Waals surface area contributed by atoms with Gasteiger partial charge in [0.15, 0.2) is 29.8 Å². The molecule has 0 radical (unpaired) electrons. The summed E-state index contributed by atoms with van der Waals surface area (Å²) in [5.41, 5.74) is 5.70. The molecule has 39 heavy (non-hydrogen) atoms. The van der Waals surface area contributed by atoms with Gasteiger partial charge < -0.3 is 36.2 Å². The molecule has 2 atom stereocenters. The number of nitrogens with two attached hydrogens (primary N) is 1. The van der Waals surface area contributed by atoms with E-state index in [1.807, 2.05) is 0 Å². The molecule has 2 aliphatic rings. The van der Waals surface area contributed by atoms with E-state index in [0.717, 1.165) is 16.2 Å². The molecule has 3 amide bonds. The van der Waals surface area contributed by atoms with Gasteiger partial charge in [0, 0.05) is 22.8 Å². The Bertz CT molecular complexity index is 1450. The van der Waals surface area contributed by atoms with Gasteiger partial charge in [-0.25, -0.2) is 9.78 Å². The number of nitrogens with zero attached hydrogens (tertiary/aromatic N) is 4. The second kappa shape index (κ2) is 11.3. The van der Waals surface area contributed by atoms with Crippen molar-refractivity contribution in [3.05, 3.63) is 59.2 Å². The van der Waals surface area contributed by atoms with E-state index in [0.29, 0.717) is 17.7 Å². The predicted octanol–water partition coefficient (Wildman–Crippen LogP) is -2.00. The van der Waals surface area contributed by atoms with Gasteiger partial charge >= 0.3 is 5.97 Å². The molecular formula is C22H19N7O8S2. The van der Waals surface area contributed by atoms with Crippen LogP contribution in [0.25, 0.3) is 0 Å². The van der Waals surface area contributed by atoms with E-state index in [1.165, 1.54) is 17.1 Å². The molecule has 0 bridgehead atoms. The maximum atomic E-state index is 13.0. The number of β-lactam (4-membered cyclic amide) rings is 1. The third-order valence-corrected chi connectivity index (χ3v) is 7.46. The molecule has 202 valence electrons. The normalized spacial score (nSPS) is 18.5. The first-order valence-electron chi connectivity index (χ1n) is 10.9. The van der Waals surface area contributed by atoms with Crippen molar-refractivity contribution < 1.29 is 43.6 Å². The minimum absolute atomic E-state index is 0.0333. The van der Waals surface area contributed by atoms with Crippen LogP contribution in [0.2, 0.25) is 0 Å². The smallest absolute Gasteiger partial charge is 0.374 e. The highest BCUT2D eigenvalue weighted by molar-refractivity contribution is 8.00. The molecule has 0 saturated carbocycles. The van der Waals surface area contributed by atoms with Crippen molar-refractivity contribution in [3.63, 3.8) is 0 Å². The number of aromatic nitrogens is 2. The van der Waals surface area contributed by atoms with Gasteiger partial charge in [-0.3, -0.25) is 19.3 Å². The van der Waals surface area contributed by atoms with E-state index in [4.69, 9.17) is 15.7 Å². The van der Waals surface area contributed by atoms with E-state index >= 15 is 0 Å². The Hall–Kier alpha value is -4.77. The van der Waals surface area contributed by atoms with E-state index in [1.54, 1.807) is 29.1 Å². The van der Waals surface area contributed by atoms with Crippen LogP contribution in [0, 0.1) is 0 Å². The number of anilines is 2. The molecule has 4 rings (SSSR count). The molecule has 5 N–H and O–H groups in total. The SMILES string of the molecule is C=C(ON=C(C(=O)N[C@@H]1C(=O)N2C(C(=O)[O-])=C(C[n+]3cccc(NC=O)c3)CS[C@@H]12)c1csc(N)n1)C(=O)O. The largest absolute Gasteiger partial charge is 0.543 e. The summed E-state index contributed by atoms with van der Waals surface area (Å²) in [4.78, 5) is 69.5. The Morgan fingerprint density at radius 2 is 2.21 bits per heavy atom. The highest BCUT2D eigenvalue weighted by atomic mass is 32.2. The summed E-state index contributed by atoms with van der Waals surface area (Å²) in [6.45, 7) is 3.26. The van der Waals surface area contributed by atoms with Crippen molar-refractivity contribution in [2.24, 2.45) is 5.16 Å². The number of carboxylic acids is 2. The number of thioether (sulfide) groups is 1. The quantitative estimate of drug-likeness (QED) is 0.0438. The number of aliphatic carboxylic acids is 2. The van der Waals surface area contributed by atoms with E-state index in [2.05, 4.69) is 27.4 Å². The number of fused-ring (bicyclic) bond motifs is 1. The number of carbonyl (C=O) groups is 5. The summed E-state index contributed by atoms with van der Waals surface area (Å²) < 4.78 is 1.64. The number of hydrogen-bond acceptors (Lipinski definition) is 12. The number of amides is 3. The summed E-state index contributed by atoms with van der Waals surface area (Å²) in [6.07, 6.45) is 3.77. The van der Waals surface area contributed by atoms with Gasteiger partial charge in [-0.1, -0.05) is 5.16 Å². The number of nitrogens with one attached hydrogen (secondary N) is 2. The monoisotopic (exact) mass is 573 g/mol. The number of oxime groups is 1. The maximum absolute atomic E-state index is 13.0. The van der Waals surface area contributed by atoms with Crippen LogP contribution in [0.5, 0.6) is 0 Å². The highest BCUT2D eigenvalue weighted by Crippen LogP contribution is 2.40. The lowest BCUT2D eigenvalue weighted by molar-refractivity contribution is -0.688. The lowest BCUT2D eigenvalue weighted by Gasteiger charge is -2.50. The molecule has 17 heteroatoms. The standard InChI is InChI=1S/C22H19N7O8S2/c1-10(20(33)34)37-27-14(13-8-39-22(23)25-13)17(31)26-15-18(32)29-16(21(35)36)11(7-38-19(15)29)5-28-4-2-3-12(6-28)24-9-30/h2-4,6,8-9,15,19H,1,5,7H2,(H5-,23,24,25,26,30,31,33,34,35,36)/t15-,19+/m1/s1. The lowest BCUT2D eigenvalue weighted by atomic mass is 10.0. The van der Waals surface area contributed by atoms with Crippen molar-refractivity contribution in [2.45, 2.75) is 18.0 Å². The summed E-state index contributed by atoms with van der Waals surface area (Å²) in [5, 5.41) is 30.2. The van der Waals surface area contributed by atoms with Crippen molar-refractivity contribution >= 4 is 69.8 Å². The average molecular weight is 574 g/mol. The summed E-state index contributed by atoms with van der Waals surface area (Å²) in [5.74, 6) is -5.27. The second-order valence-electron chi connectivity index (χ2n) is 7.96. The van der Waals surface area contributed by atoms with Crippen LogP contribution in [-0.4, -0.2) is 68.0 Å². The van der Waals surface area contributed by atoms with Crippen molar-refractivity contribution in [2.75, 3.05) is 16.8 Å². The first-order valence-corrected chi connectivity index (χ1v) is 12.8. The second-order valence-corrected chi connectivity index (χ2v) is 9.95. The fraction of sp³-hybridized carbons (Fsp3) is 0.182. The van der Waals surface area contributed by atoms with Crippen LogP contribution in [-0.2, 0) is 35.4 Å². The Balaban J connectivity index is 1.54. The van der Waals surface area contributed by atoms with E-state index < -0.39 is 46.6 Å². The number of hydrogen-bond donors (Lipinski definition) is 4. The molecule has 15 nitrogen and oxygen atoms in total. The van der Waals surface area contributed by atoms with Crippen molar-refractivity contribution in [3.8, 4) is 0 Å². The van der Waals surface area contributed by atoms with E-state index in [9.17, 15) is 29.1 Å². The zero-order valence-corrected chi connectivity index (χ0v) is 21.4. The Morgan fingerprint density at radius 3 is 2.85 bits per heavy atom. The van der Waals surface area contributed by atoms with Crippen LogP contribution in [0.15, 0.2) is 58.7 Å². The first-order chi connectivity index (χ1) is 18.6. The van der Waals surface area contributed by atoms with Crippen LogP contribution in [0.3, 0.4) is 0 Å². The highest BCUT2D eigenvalue weighted by Gasteiger charge is 2.53. The van der Waals surface area contributed by atoms with Gasteiger partial charge in [0.25, 0.3) is 11.8 Å². The molecule has 0 unspecified atom stereocenters. The molecule has 1 fully saturated rings. The number of nitrogen functional groups attached to an aromatic ring is 1. The topological polar surface area (TPSA) is 220 Å². The van der Waals surface area contributed by atoms with Gasteiger partial charge in [-0.05, 0) is 12.6 Å².